The third kappa shape index (κ3) is 1.78. The molecule has 110 valence electrons. The van der Waals surface area contributed by atoms with E-state index < -0.39 is 0 Å². The summed E-state index contributed by atoms with van der Waals surface area (Å²) in [5, 5.41) is 0.900. The lowest BCUT2D eigenvalue weighted by molar-refractivity contribution is 0.149. The van der Waals surface area contributed by atoms with Crippen LogP contribution in [-0.4, -0.2) is 47.4 Å². The molecular formula is C15H18N4O2. The summed E-state index contributed by atoms with van der Waals surface area (Å²) in [5.74, 6) is 2.29. The Kier molecular flexibility index (Phi) is 2.60. The predicted molar refractivity (Wildman–Crippen MR) is 78.9 cm³/mol. The van der Waals surface area contributed by atoms with Crippen molar-refractivity contribution in [2.45, 2.75) is 25.8 Å². The highest BCUT2D eigenvalue weighted by Gasteiger charge is 2.43. The van der Waals surface area contributed by atoms with Crippen molar-refractivity contribution in [3.8, 4) is 5.88 Å². The fraction of sp³-hybridized carbons (Fsp3) is 0.533. The van der Waals surface area contributed by atoms with Crippen LogP contribution in [0.5, 0.6) is 5.88 Å². The molecule has 21 heavy (non-hydrogen) atoms. The lowest BCUT2D eigenvalue weighted by atomic mass is 9.98. The zero-order valence-electron chi connectivity index (χ0n) is 12.5. The highest BCUT2D eigenvalue weighted by molar-refractivity contribution is 5.94. The molecule has 2 aliphatic heterocycles. The van der Waals surface area contributed by atoms with Crippen molar-refractivity contribution in [2.24, 2.45) is 0 Å². The quantitative estimate of drug-likeness (QED) is 0.733. The van der Waals surface area contributed by atoms with Gasteiger partial charge in [-0.15, -0.1) is 0 Å². The summed E-state index contributed by atoms with van der Waals surface area (Å²) in [6.45, 7) is 5.84. The van der Waals surface area contributed by atoms with Crippen LogP contribution in [0, 0.1) is 13.8 Å². The molecule has 4 heterocycles. The molecule has 1 unspecified atom stereocenters. The summed E-state index contributed by atoms with van der Waals surface area (Å²) in [5.41, 5.74) is 1.63. The standard InChI is InChI=1S/C15H18N4O2/c1-9-6-11-12-13(18-10(2)17-11)19(3)15(4-5-20-7-15)8-21-14(12)16-9/h6H,4-5,7-8H2,1-3H3. The maximum absolute atomic E-state index is 6.04. The van der Waals surface area contributed by atoms with Crippen molar-refractivity contribution in [3.63, 3.8) is 0 Å². The number of likely N-dealkylation sites (N-methyl/N-ethyl adjacent to an activating group) is 1. The van der Waals surface area contributed by atoms with E-state index in [0.29, 0.717) is 19.1 Å². The minimum atomic E-state index is -0.164. The van der Waals surface area contributed by atoms with E-state index in [9.17, 15) is 0 Å². The number of rotatable bonds is 0. The zero-order chi connectivity index (χ0) is 14.6. The van der Waals surface area contributed by atoms with Crippen LogP contribution in [0.15, 0.2) is 6.07 Å². The van der Waals surface area contributed by atoms with Gasteiger partial charge in [0.2, 0.25) is 5.88 Å². The van der Waals surface area contributed by atoms with Gasteiger partial charge in [-0.3, -0.25) is 0 Å². The first-order chi connectivity index (χ1) is 10.1. The number of nitrogens with zero attached hydrogens (tertiary/aromatic N) is 4. The monoisotopic (exact) mass is 286 g/mol. The van der Waals surface area contributed by atoms with Gasteiger partial charge in [0, 0.05) is 19.3 Å². The molecule has 4 rings (SSSR count). The Morgan fingerprint density at radius 2 is 2.05 bits per heavy atom. The number of anilines is 1. The van der Waals surface area contributed by atoms with Crippen molar-refractivity contribution in [1.29, 1.82) is 0 Å². The van der Waals surface area contributed by atoms with Crippen LogP contribution >= 0.6 is 0 Å². The van der Waals surface area contributed by atoms with Gasteiger partial charge in [-0.2, -0.15) is 0 Å². The first-order valence-corrected chi connectivity index (χ1v) is 7.19. The second kappa shape index (κ2) is 4.27. The molecule has 0 aliphatic carbocycles. The summed E-state index contributed by atoms with van der Waals surface area (Å²) in [4.78, 5) is 15.9. The van der Waals surface area contributed by atoms with E-state index in [1.165, 1.54) is 0 Å². The summed E-state index contributed by atoms with van der Waals surface area (Å²) in [7, 11) is 2.06. The number of aryl methyl sites for hydroxylation is 2. The largest absolute Gasteiger partial charge is 0.474 e. The number of pyridine rings is 1. The van der Waals surface area contributed by atoms with Crippen molar-refractivity contribution in [2.75, 3.05) is 31.8 Å². The summed E-state index contributed by atoms with van der Waals surface area (Å²) in [6, 6.07) is 1.98. The topological polar surface area (TPSA) is 60.4 Å². The molecule has 2 aromatic heterocycles. The minimum absolute atomic E-state index is 0.164. The van der Waals surface area contributed by atoms with E-state index in [0.717, 1.165) is 41.3 Å². The van der Waals surface area contributed by atoms with E-state index in [1.807, 2.05) is 19.9 Å². The Hall–Kier alpha value is -1.95. The average Bonchev–Trinajstić information content (AvgIpc) is 2.88. The zero-order valence-corrected chi connectivity index (χ0v) is 12.5. The Morgan fingerprint density at radius 3 is 2.81 bits per heavy atom. The molecular weight excluding hydrogens is 268 g/mol. The fourth-order valence-electron chi connectivity index (χ4n) is 3.18. The summed E-state index contributed by atoms with van der Waals surface area (Å²) in [6.07, 6.45) is 0.932. The molecule has 1 saturated heterocycles. The first-order valence-electron chi connectivity index (χ1n) is 7.19. The molecule has 0 aromatic carbocycles. The molecule has 1 atom stereocenters. The van der Waals surface area contributed by atoms with Gasteiger partial charge in [0.25, 0.3) is 0 Å². The van der Waals surface area contributed by atoms with Crippen molar-refractivity contribution < 1.29 is 9.47 Å². The predicted octanol–water partition coefficient (Wildman–Crippen LogP) is 1.63. The van der Waals surface area contributed by atoms with E-state index >= 15 is 0 Å². The van der Waals surface area contributed by atoms with Crippen LogP contribution in [0.1, 0.15) is 17.9 Å². The number of aromatic nitrogens is 3. The van der Waals surface area contributed by atoms with Gasteiger partial charge in [0.05, 0.1) is 12.1 Å². The van der Waals surface area contributed by atoms with Gasteiger partial charge in [0.1, 0.15) is 29.2 Å². The van der Waals surface area contributed by atoms with E-state index in [1.54, 1.807) is 0 Å². The summed E-state index contributed by atoms with van der Waals surface area (Å²) >= 11 is 0. The molecule has 6 nitrogen and oxygen atoms in total. The SMILES string of the molecule is Cc1cc2nc(C)nc3c2c(n1)OCC1(CCOC1)N3C. The van der Waals surface area contributed by atoms with Crippen molar-refractivity contribution in [3.05, 3.63) is 17.6 Å². The molecule has 0 N–H and O–H groups in total. The summed E-state index contributed by atoms with van der Waals surface area (Å²) < 4.78 is 11.7. The van der Waals surface area contributed by atoms with Gasteiger partial charge >= 0.3 is 0 Å². The number of hydrogen-bond acceptors (Lipinski definition) is 6. The fourth-order valence-corrected chi connectivity index (χ4v) is 3.18. The van der Waals surface area contributed by atoms with Crippen LogP contribution in [0.4, 0.5) is 5.82 Å². The molecule has 0 saturated carbocycles. The van der Waals surface area contributed by atoms with E-state index in [4.69, 9.17) is 9.47 Å². The van der Waals surface area contributed by atoms with Gasteiger partial charge in [-0.1, -0.05) is 0 Å². The second-order valence-electron chi connectivity index (χ2n) is 5.93. The Labute approximate surface area is 123 Å². The maximum atomic E-state index is 6.04. The van der Waals surface area contributed by atoms with Crippen LogP contribution in [0.3, 0.4) is 0 Å². The molecule has 1 spiro atoms. The molecule has 2 aliphatic rings. The molecule has 1 fully saturated rings. The highest BCUT2D eigenvalue weighted by atomic mass is 16.5. The molecule has 0 amide bonds. The van der Waals surface area contributed by atoms with Crippen LogP contribution in [-0.2, 0) is 4.74 Å². The van der Waals surface area contributed by atoms with Crippen molar-refractivity contribution >= 4 is 16.7 Å². The molecule has 0 radical (unpaired) electrons. The highest BCUT2D eigenvalue weighted by Crippen LogP contribution is 2.40. The molecule has 2 aromatic rings. The van der Waals surface area contributed by atoms with Gasteiger partial charge < -0.3 is 14.4 Å². The smallest absolute Gasteiger partial charge is 0.227 e. The normalized spacial score (nSPS) is 24.4. The van der Waals surface area contributed by atoms with Crippen LogP contribution in [0.25, 0.3) is 10.9 Å². The lowest BCUT2D eigenvalue weighted by Gasteiger charge is -2.36. The van der Waals surface area contributed by atoms with E-state index in [2.05, 4.69) is 26.9 Å². The average molecular weight is 286 g/mol. The Balaban J connectivity index is 2.01. The minimum Gasteiger partial charge on any atom is -0.474 e. The Bertz CT molecular complexity index is 720. The number of ether oxygens (including phenoxy) is 2. The first kappa shape index (κ1) is 12.8. The van der Waals surface area contributed by atoms with Crippen LogP contribution < -0.4 is 9.64 Å². The van der Waals surface area contributed by atoms with E-state index in [-0.39, 0.29) is 5.54 Å². The number of hydrogen-bond donors (Lipinski definition) is 0. The van der Waals surface area contributed by atoms with Crippen molar-refractivity contribution in [1.82, 2.24) is 15.0 Å². The lowest BCUT2D eigenvalue weighted by Crippen LogP contribution is -2.51. The van der Waals surface area contributed by atoms with Gasteiger partial charge in [-0.05, 0) is 26.3 Å². The third-order valence-electron chi connectivity index (χ3n) is 4.46. The van der Waals surface area contributed by atoms with Gasteiger partial charge in [-0.25, -0.2) is 15.0 Å². The van der Waals surface area contributed by atoms with Crippen LogP contribution in [0.2, 0.25) is 0 Å². The Morgan fingerprint density at radius 1 is 1.19 bits per heavy atom. The molecule has 6 heteroatoms. The second-order valence-corrected chi connectivity index (χ2v) is 5.93. The van der Waals surface area contributed by atoms with Gasteiger partial charge in [0.15, 0.2) is 0 Å². The third-order valence-corrected chi connectivity index (χ3v) is 4.46. The molecule has 0 bridgehead atoms. The maximum Gasteiger partial charge on any atom is 0.227 e.